The third-order valence-electron chi connectivity index (χ3n) is 3.38. The summed E-state index contributed by atoms with van der Waals surface area (Å²) in [5.74, 6) is 0.783. The number of hydrogen-bond acceptors (Lipinski definition) is 2. The van der Waals surface area contributed by atoms with Crippen molar-refractivity contribution in [2.45, 2.75) is 12.8 Å². The van der Waals surface area contributed by atoms with Gasteiger partial charge in [-0.1, -0.05) is 48.9 Å². The molecule has 0 saturated carbocycles. The third kappa shape index (κ3) is 1.96. The van der Waals surface area contributed by atoms with Crippen LogP contribution in [0.3, 0.4) is 0 Å². The van der Waals surface area contributed by atoms with E-state index in [1.54, 1.807) is 0 Å². The Bertz CT molecular complexity index is 719. The minimum Gasteiger partial charge on any atom is -0.383 e. The SMILES string of the molecule is CC(c1ccccc1)c1nc2c(Cl)cccn2c1N. The second-order valence-electron chi connectivity index (χ2n) is 4.56. The summed E-state index contributed by atoms with van der Waals surface area (Å²) in [6.07, 6.45) is 1.88. The van der Waals surface area contributed by atoms with Crippen LogP contribution in [0.15, 0.2) is 48.7 Å². The smallest absolute Gasteiger partial charge is 0.157 e. The quantitative estimate of drug-likeness (QED) is 0.772. The van der Waals surface area contributed by atoms with Gasteiger partial charge in [-0.3, -0.25) is 4.40 Å². The highest BCUT2D eigenvalue weighted by molar-refractivity contribution is 6.33. The van der Waals surface area contributed by atoms with Crippen LogP contribution in [-0.2, 0) is 0 Å². The molecule has 0 aliphatic rings. The van der Waals surface area contributed by atoms with Crippen molar-refractivity contribution >= 4 is 23.1 Å². The van der Waals surface area contributed by atoms with Crippen LogP contribution in [0.4, 0.5) is 5.82 Å². The number of hydrogen-bond donors (Lipinski definition) is 1. The van der Waals surface area contributed by atoms with Crippen molar-refractivity contribution in [2.75, 3.05) is 5.73 Å². The molecule has 3 rings (SSSR count). The van der Waals surface area contributed by atoms with Crippen LogP contribution in [0.25, 0.3) is 5.65 Å². The van der Waals surface area contributed by atoms with Gasteiger partial charge in [0.15, 0.2) is 5.65 Å². The van der Waals surface area contributed by atoms with Crippen LogP contribution in [0.2, 0.25) is 5.02 Å². The van der Waals surface area contributed by atoms with Crippen LogP contribution in [0.5, 0.6) is 0 Å². The van der Waals surface area contributed by atoms with Crippen molar-refractivity contribution < 1.29 is 0 Å². The monoisotopic (exact) mass is 271 g/mol. The topological polar surface area (TPSA) is 43.3 Å². The first-order chi connectivity index (χ1) is 9.18. The van der Waals surface area contributed by atoms with Crippen LogP contribution < -0.4 is 5.73 Å². The number of benzene rings is 1. The normalized spacial score (nSPS) is 12.7. The molecule has 2 aromatic heterocycles. The maximum atomic E-state index is 6.19. The van der Waals surface area contributed by atoms with E-state index in [2.05, 4.69) is 24.0 Å². The lowest BCUT2D eigenvalue weighted by molar-refractivity contribution is 0.889. The number of anilines is 1. The summed E-state index contributed by atoms with van der Waals surface area (Å²) in [5.41, 5.74) is 8.94. The van der Waals surface area contributed by atoms with E-state index in [0.717, 1.165) is 5.69 Å². The van der Waals surface area contributed by atoms with Gasteiger partial charge >= 0.3 is 0 Å². The molecule has 1 atom stereocenters. The number of nitrogen functional groups attached to an aromatic ring is 1. The Morgan fingerprint density at radius 1 is 1.16 bits per heavy atom. The highest BCUT2D eigenvalue weighted by Gasteiger charge is 2.18. The predicted molar refractivity (Wildman–Crippen MR) is 78.6 cm³/mol. The van der Waals surface area contributed by atoms with Gasteiger partial charge in [0, 0.05) is 12.1 Å². The number of pyridine rings is 1. The average molecular weight is 272 g/mol. The van der Waals surface area contributed by atoms with Crippen molar-refractivity contribution in [1.82, 2.24) is 9.38 Å². The van der Waals surface area contributed by atoms with Gasteiger partial charge in [-0.05, 0) is 17.7 Å². The van der Waals surface area contributed by atoms with E-state index >= 15 is 0 Å². The summed E-state index contributed by atoms with van der Waals surface area (Å²) in [6, 6.07) is 13.9. The number of nitrogens with zero attached hydrogens (tertiary/aromatic N) is 2. The summed E-state index contributed by atoms with van der Waals surface area (Å²) in [5, 5.41) is 0.612. The molecule has 19 heavy (non-hydrogen) atoms. The largest absolute Gasteiger partial charge is 0.383 e. The number of rotatable bonds is 2. The lowest BCUT2D eigenvalue weighted by Crippen LogP contribution is -2.01. The molecule has 0 amide bonds. The van der Waals surface area contributed by atoms with Crippen LogP contribution in [0, 0.1) is 0 Å². The second-order valence-corrected chi connectivity index (χ2v) is 4.97. The average Bonchev–Trinajstić information content (AvgIpc) is 2.78. The van der Waals surface area contributed by atoms with Crippen molar-refractivity contribution in [2.24, 2.45) is 0 Å². The van der Waals surface area contributed by atoms with Gasteiger partial charge in [0.1, 0.15) is 5.82 Å². The molecule has 0 aliphatic heterocycles. The molecule has 0 saturated heterocycles. The Kier molecular flexibility index (Phi) is 2.91. The molecule has 0 bridgehead atoms. The molecule has 96 valence electrons. The Labute approximate surface area is 116 Å². The highest BCUT2D eigenvalue weighted by atomic mass is 35.5. The van der Waals surface area contributed by atoms with Gasteiger partial charge in [0.25, 0.3) is 0 Å². The summed E-state index contributed by atoms with van der Waals surface area (Å²) >= 11 is 6.15. The van der Waals surface area contributed by atoms with E-state index in [-0.39, 0.29) is 5.92 Å². The zero-order chi connectivity index (χ0) is 13.4. The Hall–Kier alpha value is -2.00. The standard InChI is InChI=1S/C15H14ClN3/c1-10(11-6-3-2-4-7-11)13-14(17)19-9-5-8-12(16)15(19)18-13/h2-10H,17H2,1H3. The van der Waals surface area contributed by atoms with Gasteiger partial charge in [-0.2, -0.15) is 0 Å². The molecular weight excluding hydrogens is 258 g/mol. The van der Waals surface area contributed by atoms with Crippen LogP contribution in [0.1, 0.15) is 24.1 Å². The molecule has 1 aromatic carbocycles. The Morgan fingerprint density at radius 3 is 2.58 bits per heavy atom. The minimum absolute atomic E-state index is 0.136. The van der Waals surface area contributed by atoms with Crippen molar-refractivity contribution in [1.29, 1.82) is 0 Å². The Morgan fingerprint density at radius 2 is 1.89 bits per heavy atom. The summed E-state index contributed by atoms with van der Waals surface area (Å²) < 4.78 is 1.83. The molecule has 0 aliphatic carbocycles. The van der Waals surface area contributed by atoms with Gasteiger partial charge in [-0.25, -0.2) is 4.98 Å². The first-order valence-electron chi connectivity index (χ1n) is 6.15. The van der Waals surface area contributed by atoms with Gasteiger partial charge < -0.3 is 5.73 Å². The fraction of sp³-hybridized carbons (Fsp3) is 0.133. The molecule has 2 N–H and O–H groups in total. The second kappa shape index (κ2) is 4.59. The fourth-order valence-electron chi connectivity index (χ4n) is 2.29. The first-order valence-corrected chi connectivity index (χ1v) is 6.53. The molecule has 3 aromatic rings. The number of halogens is 1. The van der Waals surface area contributed by atoms with Gasteiger partial charge in [0.05, 0.1) is 10.7 Å². The van der Waals surface area contributed by atoms with E-state index < -0.39 is 0 Å². The lowest BCUT2D eigenvalue weighted by atomic mass is 9.98. The van der Waals surface area contributed by atoms with Gasteiger partial charge in [0.2, 0.25) is 0 Å². The molecule has 3 nitrogen and oxygen atoms in total. The number of fused-ring (bicyclic) bond motifs is 1. The highest BCUT2D eigenvalue weighted by Crippen LogP contribution is 2.30. The number of aromatic nitrogens is 2. The molecule has 1 unspecified atom stereocenters. The third-order valence-corrected chi connectivity index (χ3v) is 3.67. The van der Waals surface area contributed by atoms with E-state index in [4.69, 9.17) is 17.3 Å². The fourth-order valence-corrected chi connectivity index (χ4v) is 2.49. The van der Waals surface area contributed by atoms with Gasteiger partial charge in [-0.15, -0.1) is 0 Å². The zero-order valence-electron chi connectivity index (χ0n) is 10.5. The Balaban J connectivity index is 2.16. The van der Waals surface area contributed by atoms with Crippen LogP contribution in [-0.4, -0.2) is 9.38 Å². The maximum Gasteiger partial charge on any atom is 0.157 e. The molecule has 0 spiro atoms. The minimum atomic E-state index is 0.136. The molecule has 2 heterocycles. The molecule has 0 fully saturated rings. The molecule has 0 radical (unpaired) electrons. The van der Waals surface area contributed by atoms with E-state index in [9.17, 15) is 0 Å². The van der Waals surface area contributed by atoms with E-state index in [1.165, 1.54) is 5.56 Å². The number of imidazole rings is 1. The summed E-state index contributed by atoms with van der Waals surface area (Å²) in [6.45, 7) is 2.10. The van der Waals surface area contributed by atoms with Crippen molar-refractivity contribution in [3.63, 3.8) is 0 Å². The summed E-state index contributed by atoms with van der Waals surface area (Å²) in [7, 11) is 0. The van der Waals surface area contributed by atoms with E-state index in [1.807, 2.05) is 40.9 Å². The van der Waals surface area contributed by atoms with E-state index in [0.29, 0.717) is 16.5 Å². The molecular formula is C15H14ClN3. The molecule has 4 heteroatoms. The lowest BCUT2D eigenvalue weighted by Gasteiger charge is -2.09. The van der Waals surface area contributed by atoms with Crippen LogP contribution >= 0.6 is 11.6 Å². The van der Waals surface area contributed by atoms with Crippen molar-refractivity contribution in [3.8, 4) is 0 Å². The van der Waals surface area contributed by atoms with Crippen molar-refractivity contribution in [3.05, 3.63) is 64.9 Å². The first kappa shape index (κ1) is 12.1. The number of nitrogens with two attached hydrogens (primary N) is 1. The predicted octanol–water partition coefficient (Wildman–Crippen LogP) is 3.72. The maximum absolute atomic E-state index is 6.19. The zero-order valence-corrected chi connectivity index (χ0v) is 11.3. The summed E-state index contributed by atoms with van der Waals surface area (Å²) in [4.78, 5) is 4.59.